The van der Waals surface area contributed by atoms with Gasteiger partial charge in [0.2, 0.25) is 0 Å². The van der Waals surface area contributed by atoms with Crippen LogP contribution in [0, 0.1) is 0 Å². The van der Waals surface area contributed by atoms with Crippen molar-refractivity contribution in [2.24, 2.45) is 0 Å². The van der Waals surface area contributed by atoms with E-state index in [-0.39, 0.29) is 11.4 Å². The Kier molecular flexibility index (Phi) is 7.51. The van der Waals surface area contributed by atoms with E-state index < -0.39 is 18.2 Å². The fourth-order valence-electron chi connectivity index (χ4n) is 3.93. The molecule has 34 heavy (non-hydrogen) atoms. The summed E-state index contributed by atoms with van der Waals surface area (Å²) < 4.78 is 12.6. The van der Waals surface area contributed by atoms with Gasteiger partial charge < -0.3 is 19.9 Å². The molecule has 0 bridgehead atoms. The molecule has 0 saturated carbocycles. The summed E-state index contributed by atoms with van der Waals surface area (Å²) in [5, 5.41) is 23.8. The molecular weight excluding hydrogens is 432 g/mol. The molecule has 2 N–H and O–H groups in total. The summed E-state index contributed by atoms with van der Waals surface area (Å²) >= 11 is 0. The average Bonchev–Trinajstić information content (AvgIpc) is 3.32. The lowest BCUT2D eigenvalue weighted by molar-refractivity contribution is -0.145. The number of rotatable bonds is 10. The number of hydrogen-bond donors (Lipinski definition) is 2. The van der Waals surface area contributed by atoms with E-state index in [0.29, 0.717) is 25.3 Å². The van der Waals surface area contributed by atoms with E-state index in [1.807, 2.05) is 74.5 Å². The van der Waals surface area contributed by atoms with E-state index in [1.54, 1.807) is 12.3 Å². The molecule has 0 spiro atoms. The Labute approximate surface area is 198 Å². The molecular formula is C26H28N4O4. The van der Waals surface area contributed by atoms with Gasteiger partial charge in [-0.05, 0) is 36.2 Å². The minimum Gasteiger partial charge on any atom is -0.508 e. The van der Waals surface area contributed by atoms with E-state index >= 15 is 0 Å². The van der Waals surface area contributed by atoms with E-state index in [9.17, 15) is 9.90 Å². The maximum absolute atomic E-state index is 13.2. The van der Waals surface area contributed by atoms with Crippen LogP contribution in [0.1, 0.15) is 41.5 Å². The number of nitrogens with one attached hydrogen (secondary N) is 1. The van der Waals surface area contributed by atoms with Crippen molar-refractivity contribution in [3.63, 3.8) is 0 Å². The number of ether oxygens (including phenoxy) is 2. The number of carbonyl (C=O) groups is 1. The molecule has 1 atom stereocenters. The predicted molar refractivity (Wildman–Crippen MR) is 128 cm³/mol. The molecule has 0 aliphatic rings. The van der Waals surface area contributed by atoms with Crippen molar-refractivity contribution < 1.29 is 19.4 Å². The Morgan fingerprint density at radius 1 is 1.00 bits per heavy atom. The number of benzene rings is 3. The average molecular weight is 461 g/mol. The van der Waals surface area contributed by atoms with Crippen LogP contribution in [0.2, 0.25) is 0 Å². The minimum atomic E-state index is -0.593. The predicted octanol–water partition coefficient (Wildman–Crippen LogP) is 4.06. The van der Waals surface area contributed by atoms with Crippen LogP contribution in [-0.2, 0) is 16.0 Å². The Hall–Kier alpha value is -3.75. The number of aromatic hydroxyl groups is 1. The maximum atomic E-state index is 13.2. The standard InChI is InChI=1S/C26H28N4O4/c1-3-33-23(34-4-2)17-30-16-21(28-29-30)26(32)27-25(19-11-6-5-7-12-19)24-20-13-9-8-10-18(20)14-15-22(24)31/h5-16,23,25,31H,3-4,17H2,1-2H3,(H,27,32). The number of hydrogen-bond acceptors (Lipinski definition) is 6. The van der Waals surface area contributed by atoms with Crippen LogP contribution in [0.4, 0.5) is 0 Å². The van der Waals surface area contributed by atoms with Crippen LogP contribution in [-0.4, -0.2) is 45.5 Å². The van der Waals surface area contributed by atoms with Crippen molar-refractivity contribution in [3.8, 4) is 5.75 Å². The Morgan fingerprint density at radius 2 is 1.71 bits per heavy atom. The quantitative estimate of drug-likeness (QED) is 0.347. The van der Waals surface area contributed by atoms with Gasteiger partial charge in [0.25, 0.3) is 5.91 Å². The van der Waals surface area contributed by atoms with E-state index in [2.05, 4.69) is 15.6 Å². The molecule has 0 radical (unpaired) electrons. The molecule has 0 saturated heterocycles. The van der Waals surface area contributed by atoms with Crippen LogP contribution in [0.3, 0.4) is 0 Å². The molecule has 4 rings (SSSR count). The van der Waals surface area contributed by atoms with Crippen molar-refractivity contribution in [1.82, 2.24) is 20.3 Å². The number of aromatic nitrogens is 3. The van der Waals surface area contributed by atoms with Crippen molar-refractivity contribution in [2.45, 2.75) is 32.7 Å². The second-order valence-corrected chi connectivity index (χ2v) is 7.70. The van der Waals surface area contributed by atoms with Crippen molar-refractivity contribution in [3.05, 3.63) is 89.7 Å². The highest BCUT2D eigenvalue weighted by Crippen LogP contribution is 2.35. The summed E-state index contributed by atoms with van der Waals surface area (Å²) in [7, 11) is 0. The zero-order valence-electron chi connectivity index (χ0n) is 19.2. The SMILES string of the molecule is CCOC(Cn1cc(C(=O)NC(c2ccccc2)c2c(O)ccc3ccccc23)nn1)OCC. The molecule has 1 aromatic heterocycles. The lowest BCUT2D eigenvalue weighted by Crippen LogP contribution is -2.30. The Morgan fingerprint density at radius 3 is 2.44 bits per heavy atom. The number of amides is 1. The van der Waals surface area contributed by atoms with Gasteiger partial charge in [-0.3, -0.25) is 4.79 Å². The monoisotopic (exact) mass is 460 g/mol. The topological polar surface area (TPSA) is 98.5 Å². The van der Waals surface area contributed by atoms with Gasteiger partial charge >= 0.3 is 0 Å². The number of fused-ring (bicyclic) bond motifs is 1. The summed E-state index contributed by atoms with van der Waals surface area (Å²) in [6.07, 6.45) is 1.09. The fraction of sp³-hybridized carbons (Fsp3) is 0.269. The summed E-state index contributed by atoms with van der Waals surface area (Å²) in [5.74, 6) is -0.301. The van der Waals surface area contributed by atoms with Gasteiger partial charge in [-0.25, -0.2) is 4.68 Å². The first kappa shape index (κ1) is 23.4. The minimum absolute atomic E-state index is 0.104. The second kappa shape index (κ2) is 10.9. The van der Waals surface area contributed by atoms with Crippen LogP contribution < -0.4 is 5.32 Å². The first-order valence-electron chi connectivity index (χ1n) is 11.3. The van der Waals surface area contributed by atoms with Crippen LogP contribution in [0.15, 0.2) is 72.9 Å². The number of nitrogens with zero attached hydrogens (tertiary/aromatic N) is 3. The lowest BCUT2D eigenvalue weighted by Gasteiger charge is -2.22. The van der Waals surface area contributed by atoms with Crippen molar-refractivity contribution in [1.29, 1.82) is 0 Å². The molecule has 1 heterocycles. The van der Waals surface area contributed by atoms with E-state index in [0.717, 1.165) is 16.3 Å². The summed E-state index contributed by atoms with van der Waals surface area (Å²) in [5.41, 5.74) is 1.62. The molecule has 1 unspecified atom stereocenters. The van der Waals surface area contributed by atoms with Gasteiger partial charge in [0, 0.05) is 18.8 Å². The first-order valence-corrected chi connectivity index (χ1v) is 11.3. The van der Waals surface area contributed by atoms with Gasteiger partial charge in [0.1, 0.15) is 5.75 Å². The molecule has 0 aliphatic heterocycles. The van der Waals surface area contributed by atoms with Gasteiger partial charge in [-0.2, -0.15) is 0 Å². The summed E-state index contributed by atoms with van der Waals surface area (Å²) in [6.45, 7) is 5.09. The third-order valence-corrected chi connectivity index (χ3v) is 5.46. The number of phenolic OH excluding ortho intramolecular Hbond substituents is 1. The molecule has 8 heteroatoms. The molecule has 0 aliphatic carbocycles. The third-order valence-electron chi connectivity index (χ3n) is 5.46. The Balaban J connectivity index is 1.64. The Bertz CT molecular complexity index is 1240. The molecule has 0 fully saturated rings. The first-order chi connectivity index (χ1) is 16.6. The largest absolute Gasteiger partial charge is 0.508 e. The number of phenols is 1. The molecule has 176 valence electrons. The van der Waals surface area contributed by atoms with Gasteiger partial charge in [-0.15, -0.1) is 5.10 Å². The molecule has 4 aromatic rings. The van der Waals surface area contributed by atoms with Crippen molar-refractivity contribution in [2.75, 3.05) is 13.2 Å². The van der Waals surface area contributed by atoms with Gasteiger partial charge in [0.15, 0.2) is 12.0 Å². The van der Waals surface area contributed by atoms with Crippen LogP contribution in [0.5, 0.6) is 5.75 Å². The third kappa shape index (κ3) is 5.24. The normalized spacial score (nSPS) is 12.2. The maximum Gasteiger partial charge on any atom is 0.274 e. The smallest absolute Gasteiger partial charge is 0.274 e. The highest BCUT2D eigenvalue weighted by Gasteiger charge is 2.24. The van der Waals surface area contributed by atoms with Crippen molar-refractivity contribution >= 4 is 16.7 Å². The second-order valence-electron chi connectivity index (χ2n) is 7.70. The zero-order chi connectivity index (χ0) is 23.9. The highest BCUT2D eigenvalue weighted by molar-refractivity contribution is 5.94. The lowest BCUT2D eigenvalue weighted by atomic mass is 9.92. The van der Waals surface area contributed by atoms with Gasteiger partial charge in [0.05, 0.1) is 18.8 Å². The van der Waals surface area contributed by atoms with E-state index in [4.69, 9.17) is 9.47 Å². The van der Waals surface area contributed by atoms with Crippen LogP contribution in [0.25, 0.3) is 10.8 Å². The summed E-state index contributed by atoms with van der Waals surface area (Å²) in [6, 6.07) is 20.2. The number of carbonyl (C=O) groups excluding carboxylic acids is 1. The van der Waals surface area contributed by atoms with Crippen LogP contribution >= 0.6 is 0 Å². The molecule has 3 aromatic carbocycles. The molecule has 1 amide bonds. The van der Waals surface area contributed by atoms with E-state index in [1.165, 1.54) is 4.68 Å². The zero-order valence-corrected chi connectivity index (χ0v) is 19.2. The summed E-state index contributed by atoms with van der Waals surface area (Å²) in [4.78, 5) is 13.2. The molecule has 8 nitrogen and oxygen atoms in total. The fourth-order valence-corrected chi connectivity index (χ4v) is 3.93. The van der Waals surface area contributed by atoms with Gasteiger partial charge in [-0.1, -0.05) is 65.9 Å². The highest BCUT2D eigenvalue weighted by atomic mass is 16.7.